The van der Waals surface area contributed by atoms with Crippen LogP contribution in [-0.4, -0.2) is 24.8 Å². The van der Waals surface area contributed by atoms with Gasteiger partial charge in [-0.05, 0) is 0 Å². The summed E-state index contributed by atoms with van der Waals surface area (Å²) in [5.74, 6) is -0.818. The van der Waals surface area contributed by atoms with Gasteiger partial charge in [0.1, 0.15) is 0 Å². The number of rotatable bonds is 3. The maximum absolute atomic E-state index is 9.68. The topological polar surface area (TPSA) is 46.5 Å². The van der Waals surface area contributed by atoms with E-state index in [-0.39, 0.29) is 18.8 Å². The highest BCUT2D eigenvalue weighted by molar-refractivity contribution is 5.85. The Hall–Kier alpha value is -0.280. The van der Waals surface area contributed by atoms with Crippen LogP contribution in [0, 0.1) is 0 Å². The summed E-state index contributed by atoms with van der Waals surface area (Å²) in [7, 11) is 1.48. The highest BCUT2D eigenvalue weighted by Gasteiger charge is 1.91. The summed E-state index contributed by atoms with van der Waals surface area (Å²) in [4.78, 5) is 9.68. The third kappa shape index (κ3) is 9.21. The van der Waals surface area contributed by atoms with E-state index in [0.717, 1.165) is 0 Å². The highest BCUT2D eigenvalue weighted by Crippen LogP contribution is 1.76. The minimum Gasteiger partial charge on any atom is -0.481 e. The van der Waals surface area contributed by atoms with Gasteiger partial charge in [-0.15, -0.1) is 12.4 Å². The van der Waals surface area contributed by atoms with Crippen molar-refractivity contribution in [2.45, 2.75) is 6.42 Å². The van der Waals surface area contributed by atoms with Gasteiger partial charge in [0.2, 0.25) is 0 Å². The lowest BCUT2D eigenvalue weighted by Gasteiger charge is -1.88. The van der Waals surface area contributed by atoms with Gasteiger partial charge >= 0.3 is 5.97 Å². The molecule has 8 heavy (non-hydrogen) atoms. The van der Waals surface area contributed by atoms with Gasteiger partial charge in [0.05, 0.1) is 13.0 Å². The SMILES string of the molecule is COCCC(=O)O.Cl. The molecule has 0 saturated carbocycles. The summed E-state index contributed by atoms with van der Waals surface area (Å²) in [5, 5.41) is 7.96. The van der Waals surface area contributed by atoms with E-state index in [0.29, 0.717) is 6.61 Å². The molecule has 4 heteroatoms. The van der Waals surface area contributed by atoms with E-state index in [1.807, 2.05) is 0 Å². The normalized spacial score (nSPS) is 7.62. The average molecular weight is 141 g/mol. The zero-order chi connectivity index (χ0) is 5.70. The van der Waals surface area contributed by atoms with Gasteiger partial charge in [-0.2, -0.15) is 0 Å². The van der Waals surface area contributed by atoms with Crippen LogP contribution in [0.25, 0.3) is 0 Å². The number of carboxylic acid groups (broad SMARTS) is 1. The molecule has 0 aromatic carbocycles. The zero-order valence-electron chi connectivity index (χ0n) is 4.59. The van der Waals surface area contributed by atoms with E-state index in [4.69, 9.17) is 5.11 Å². The van der Waals surface area contributed by atoms with Gasteiger partial charge in [-0.3, -0.25) is 4.79 Å². The molecular weight excluding hydrogens is 131 g/mol. The molecule has 50 valence electrons. The minimum atomic E-state index is -0.818. The largest absolute Gasteiger partial charge is 0.481 e. The number of methoxy groups -OCH3 is 1. The first kappa shape index (κ1) is 10.7. The van der Waals surface area contributed by atoms with Crippen LogP contribution in [0.4, 0.5) is 0 Å². The summed E-state index contributed by atoms with van der Waals surface area (Å²) in [6.07, 6.45) is 0.0938. The lowest BCUT2D eigenvalue weighted by Crippen LogP contribution is -1.99. The van der Waals surface area contributed by atoms with E-state index in [1.165, 1.54) is 7.11 Å². The van der Waals surface area contributed by atoms with Gasteiger partial charge in [-0.25, -0.2) is 0 Å². The van der Waals surface area contributed by atoms with E-state index in [9.17, 15) is 4.79 Å². The van der Waals surface area contributed by atoms with E-state index >= 15 is 0 Å². The molecule has 0 aliphatic heterocycles. The van der Waals surface area contributed by atoms with Gasteiger partial charge in [0.25, 0.3) is 0 Å². The number of aliphatic carboxylic acids is 1. The van der Waals surface area contributed by atoms with Gasteiger partial charge in [0.15, 0.2) is 0 Å². The Morgan fingerprint density at radius 3 is 2.38 bits per heavy atom. The van der Waals surface area contributed by atoms with Crippen molar-refractivity contribution >= 4 is 18.4 Å². The Bertz CT molecular complexity index is 64.3. The number of ether oxygens (including phenoxy) is 1. The molecule has 0 aliphatic rings. The Balaban J connectivity index is 0. The van der Waals surface area contributed by atoms with Crippen molar-refractivity contribution in [3.05, 3.63) is 0 Å². The van der Waals surface area contributed by atoms with E-state index < -0.39 is 5.97 Å². The highest BCUT2D eigenvalue weighted by atomic mass is 35.5. The molecule has 0 amide bonds. The van der Waals surface area contributed by atoms with Crippen LogP contribution in [0.3, 0.4) is 0 Å². The van der Waals surface area contributed by atoms with Crippen LogP contribution < -0.4 is 0 Å². The van der Waals surface area contributed by atoms with Crippen LogP contribution >= 0.6 is 12.4 Å². The van der Waals surface area contributed by atoms with Crippen molar-refractivity contribution in [2.75, 3.05) is 13.7 Å². The molecule has 0 aromatic rings. The minimum absolute atomic E-state index is 0. The lowest BCUT2D eigenvalue weighted by atomic mass is 10.5. The second kappa shape index (κ2) is 6.72. The molecule has 0 fully saturated rings. The van der Waals surface area contributed by atoms with Crippen molar-refractivity contribution in [1.82, 2.24) is 0 Å². The van der Waals surface area contributed by atoms with E-state index in [1.54, 1.807) is 0 Å². The molecule has 3 nitrogen and oxygen atoms in total. The van der Waals surface area contributed by atoms with Crippen LogP contribution in [0.5, 0.6) is 0 Å². The smallest absolute Gasteiger partial charge is 0.305 e. The molecular formula is C4H9ClO3. The van der Waals surface area contributed by atoms with E-state index in [2.05, 4.69) is 4.74 Å². The third-order valence-electron chi connectivity index (χ3n) is 0.520. The molecule has 0 saturated heterocycles. The maximum atomic E-state index is 9.68. The molecule has 1 N–H and O–H groups in total. The first-order chi connectivity index (χ1) is 3.27. The number of hydrogen-bond donors (Lipinski definition) is 1. The molecule has 0 aromatic heterocycles. The van der Waals surface area contributed by atoms with Crippen LogP contribution in [0.1, 0.15) is 6.42 Å². The number of carbonyl (C=O) groups is 1. The first-order valence-corrected chi connectivity index (χ1v) is 1.98. The summed E-state index contributed by atoms with van der Waals surface area (Å²) in [6, 6.07) is 0. The van der Waals surface area contributed by atoms with Gasteiger partial charge in [0, 0.05) is 7.11 Å². The molecule has 0 atom stereocenters. The van der Waals surface area contributed by atoms with Crippen molar-refractivity contribution in [2.24, 2.45) is 0 Å². The molecule has 0 heterocycles. The van der Waals surface area contributed by atoms with Gasteiger partial charge < -0.3 is 9.84 Å². The number of halogens is 1. The predicted octanol–water partition coefficient (Wildman–Crippen LogP) is 0.529. The third-order valence-corrected chi connectivity index (χ3v) is 0.520. The monoisotopic (exact) mass is 140 g/mol. The Kier molecular flexibility index (Phi) is 8.95. The van der Waals surface area contributed by atoms with Crippen LogP contribution in [-0.2, 0) is 9.53 Å². The number of hydrogen-bond acceptors (Lipinski definition) is 2. The van der Waals surface area contributed by atoms with Crippen LogP contribution in [0.2, 0.25) is 0 Å². The fraction of sp³-hybridized carbons (Fsp3) is 0.750. The van der Waals surface area contributed by atoms with Crippen molar-refractivity contribution in [3.63, 3.8) is 0 Å². The predicted molar refractivity (Wildman–Crippen MR) is 31.4 cm³/mol. The van der Waals surface area contributed by atoms with Crippen molar-refractivity contribution < 1.29 is 14.6 Å². The molecule has 0 spiro atoms. The van der Waals surface area contributed by atoms with Crippen molar-refractivity contribution in [3.8, 4) is 0 Å². The Labute approximate surface area is 54.1 Å². The zero-order valence-corrected chi connectivity index (χ0v) is 5.40. The second-order valence-electron chi connectivity index (χ2n) is 1.14. The summed E-state index contributed by atoms with van der Waals surface area (Å²) < 4.78 is 4.47. The van der Waals surface area contributed by atoms with Crippen LogP contribution in [0.15, 0.2) is 0 Å². The summed E-state index contributed by atoms with van der Waals surface area (Å²) in [5.41, 5.74) is 0. The molecule has 0 aliphatic carbocycles. The maximum Gasteiger partial charge on any atom is 0.305 e. The quantitative estimate of drug-likeness (QED) is 0.622. The van der Waals surface area contributed by atoms with Crippen molar-refractivity contribution in [1.29, 1.82) is 0 Å². The molecule has 0 unspecified atom stereocenters. The Morgan fingerprint density at radius 1 is 1.75 bits per heavy atom. The fourth-order valence-corrected chi connectivity index (χ4v) is 0.189. The summed E-state index contributed by atoms with van der Waals surface area (Å²) in [6.45, 7) is 0.301. The molecule has 0 bridgehead atoms. The molecule has 0 rings (SSSR count). The number of carboxylic acids is 1. The van der Waals surface area contributed by atoms with Gasteiger partial charge in [-0.1, -0.05) is 0 Å². The molecule has 0 radical (unpaired) electrons. The fourth-order valence-electron chi connectivity index (χ4n) is 0.189. The summed E-state index contributed by atoms with van der Waals surface area (Å²) >= 11 is 0. The second-order valence-corrected chi connectivity index (χ2v) is 1.14. The first-order valence-electron chi connectivity index (χ1n) is 1.98. The lowest BCUT2D eigenvalue weighted by molar-refractivity contribution is -0.137. The Morgan fingerprint density at radius 2 is 2.25 bits per heavy atom. The standard InChI is InChI=1S/C4H8O3.ClH/c1-7-3-2-4(5)6;/h2-3H2,1H3,(H,5,6);1H. The average Bonchev–Trinajstić information content (AvgIpc) is 1.61.